The van der Waals surface area contributed by atoms with Crippen molar-refractivity contribution in [1.82, 2.24) is 0 Å². The predicted octanol–water partition coefficient (Wildman–Crippen LogP) is 1.39. The topological polar surface area (TPSA) is 44.5 Å². The SMILES string of the molecule is CC1Oc2cccc(N)c2O1. The first kappa shape index (κ1) is 6.34. The Balaban J connectivity index is 2.49. The Labute approximate surface area is 64.7 Å². The molecule has 3 nitrogen and oxygen atoms in total. The Kier molecular flexibility index (Phi) is 1.18. The molecule has 0 fully saturated rings. The Morgan fingerprint density at radius 3 is 2.91 bits per heavy atom. The molecule has 0 saturated carbocycles. The van der Waals surface area contributed by atoms with Gasteiger partial charge in [0.1, 0.15) is 0 Å². The van der Waals surface area contributed by atoms with Gasteiger partial charge in [-0.2, -0.15) is 0 Å². The van der Waals surface area contributed by atoms with Crippen LogP contribution in [0.5, 0.6) is 11.5 Å². The van der Waals surface area contributed by atoms with Crippen molar-refractivity contribution in [1.29, 1.82) is 0 Å². The smallest absolute Gasteiger partial charge is 0.238 e. The van der Waals surface area contributed by atoms with Crippen LogP contribution in [-0.4, -0.2) is 6.29 Å². The molecule has 1 aromatic rings. The third-order valence-electron chi connectivity index (χ3n) is 1.59. The zero-order chi connectivity index (χ0) is 7.84. The molecule has 1 aliphatic rings. The highest BCUT2D eigenvalue weighted by Gasteiger charge is 2.21. The molecule has 3 heteroatoms. The van der Waals surface area contributed by atoms with Gasteiger partial charge in [0.2, 0.25) is 6.29 Å². The summed E-state index contributed by atoms with van der Waals surface area (Å²) in [4.78, 5) is 0. The molecule has 1 aromatic carbocycles. The van der Waals surface area contributed by atoms with E-state index in [9.17, 15) is 0 Å². The summed E-state index contributed by atoms with van der Waals surface area (Å²) in [6, 6.07) is 5.48. The van der Waals surface area contributed by atoms with E-state index < -0.39 is 0 Å². The predicted molar refractivity (Wildman–Crippen MR) is 41.6 cm³/mol. The summed E-state index contributed by atoms with van der Waals surface area (Å²) in [5, 5.41) is 0. The highest BCUT2D eigenvalue weighted by Crippen LogP contribution is 2.38. The highest BCUT2D eigenvalue weighted by molar-refractivity contribution is 5.61. The molecule has 1 aliphatic heterocycles. The van der Waals surface area contributed by atoms with Crippen LogP contribution < -0.4 is 15.2 Å². The van der Waals surface area contributed by atoms with E-state index in [1.165, 1.54) is 0 Å². The first-order chi connectivity index (χ1) is 5.27. The first-order valence-electron chi connectivity index (χ1n) is 3.49. The standard InChI is InChI=1S/C8H9NO2/c1-5-10-7-4-2-3-6(9)8(7)11-5/h2-5H,9H2,1H3. The van der Waals surface area contributed by atoms with Crippen molar-refractivity contribution < 1.29 is 9.47 Å². The largest absolute Gasteiger partial charge is 0.451 e. The molecule has 0 bridgehead atoms. The number of benzene rings is 1. The molecule has 1 unspecified atom stereocenters. The van der Waals surface area contributed by atoms with Crippen molar-refractivity contribution in [2.75, 3.05) is 5.73 Å². The number of nitrogen functional groups attached to an aromatic ring is 1. The van der Waals surface area contributed by atoms with Crippen LogP contribution in [0.15, 0.2) is 18.2 Å². The maximum atomic E-state index is 5.63. The van der Waals surface area contributed by atoms with E-state index in [0.717, 1.165) is 5.75 Å². The molecular weight excluding hydrogens is 142 g/mol. The summed E-state index contributed by atoms with van der Waals surface area (Å²) >= 11 is 0. The second-order valence-corrected chi connectivity index (χ2v) is 2.48. The second-order valence-electron chi connectivity index (χ2n) is 2.48. The summed E-state index contributed by atoms with van der Waals surface area (Å²) in [7, 11) is 0. The fourth-order valence-corrected chi connectivity index (χ4v) is 1.12. The van der Waals surface area contributed by atoms with Crippen LogP contribution in [0.25, 0.3) is 0 Å². The summed E-state index contributed by atoms with van der Waals surface area (Å²) in [5.74, 6) is 1.40. The van der Waals surface area contributed by atoms with Gasteiger partial charge in [0.15, 0.2) is 11.5 Å². The second kappa shape index (κ2) is 2.05. The van der Waals surface area contributed by atoms with E-state index in [0.29, 0.717) is 11.4 Å². The van der Waals surface area contributed by atoms with E-state index in [1.54, 1.807) is 6.07 Å². The minimum Gasteiger partial charge on any atom is -0.451 e. The molecule has 1 atom stereocenters. The van der Waals surface area contributed by atoms with E-state index in [-0.39, 0.29) is 6.29 Å². The Hall–Kier alpha value is -1.38. The monoisotopic (exact) mass is 151 g/mol. The zero-order valence-corrected chi connectivity index (χ0v) is 6.20. The van der Waals surface area contributed by atoms with Gasteiger partial charge in [-0.3, -0.25) is 0 Å². The van der Waals surface area contributed by atoms with Gasteiger partial charge in [-0.15, -0.1) is 0 Å². The Bertz CT molecular complexity index is 285. The molecule has 0 spiro atoms. The lowest BCUT2D eigenvalue weighted by Gasteiger charge is -2.00. The third kappa shape index (κ3) is 0.888. The van der Waals surface area contributed by atoms with Crippen LogP contribution in [0.1, 0.15) is 6.92 Å². The molecule has 1 heterocycles. The Morgan fingerprint density at radius 2 is 2.18 bits per heavy atom. The van der Waals surface area contributed by atoms with Crippen molar-refractivity contribution in [2.45, 2.75) is 13.2 Å². The normalized spacial score (nSPS) is 20.3. The summed E-state index contributed by atoms with van der Waals surface area (Å²) in [6.45, 7) is 1.83. The minimum absolute atomic E-state index is 0.213. The van der Waals surface area contributed by atoms with Crippen LogP contribution in [-0.2, 0) is 0 Å². The molecule has 2 N–H and O–H groups in total. The molecule has 58 valence electrons. The molecule has 0 saturated heterocycles. The summed E-state index contributed by atoms with van der Waals surface area (Å²) in [6.07, 6.45) is -0.213. The molecule has 0 radical (unpaired) electrons. The van der Waals surface area contributed by atoms with Crippen molar-refractivity contribution in [3.05, 3.63) is 18.2 Å². The van der Waals surface area contributed by atoms with E-state index >= 15 is 0 Å². The molecular formula is C8H9NO2. The molecule has 2 rings (SSSR count). The van der Waals surface area contributed by atoms with E-state index in [2.05, 4.69) is 0 Å². The van der Waals surface area contributed by atoms with Gasteiger partial charge < -0.3 is 15.2 Å². The number of rotatable bonds is 0. The maximum Gasteiger partial charge on any atom is 0.238 e. The van der Waals surface area contributed by atoms with E-state index in [4.69, 9.17) is 15.2 Å². The highest BCUT2D eigenvalue weighted by atomic mass is 16.7. The number of nitrogens with two attached hydrogens (primary N) is 1. The fraction of sp³-hybridized carbons (Fsp3) is 0.250. The Morgan fingerprint density at radius 1 is 1.36 bits per heavy atom. The average molecular weight is 151 g/mol. The lowest BCUT2D eigenvalue weighted by Crippen LogP contribution is -2.11. The number of hydrogen-bond acceptors (Lipinski definition) is 3. The average Bonchev–Trinajstić information content (AvgIpc) is 2.31. The van der Waals surface area contributed by atoms with Crippen LogP contribution >= 0.6 is 0 Å². The van der Waals surface area contributed by atoms with E-state index in [1.807, 2.05) is 19.1 Å². The van der Waals surface area contributed by atoms with Crippen LogP contribution in [0.4, 0.5) is 5.69 Å². The quantitative estimate of drug-likeness (QED) is 0.570. The lowest BCUT2D eigenvalue weighted by atomic mass is 10.3. The number of hydrogen-bond donors (Lipinski definition) is 1. The molecule has 0 amide bonds. The molecule has 11 heavy (non-hydrogen) atoms. The van der Waals surface area contributed by atoms with Gasteiger partial charge in [0.05, 0.1) is 5.69 Å². The fourth-order valence-electron chi connectivity index (χ4n) is 1.12. The van der Waals surface area contributed by atoms with Crippen LogP contribution in [0.3, 0.4) is 0 Å². The lowest BCUT2D eigenvalue weighted by molar-refractivity contribution is 0.0682. The van der Waals surface area contributed by atoms with Crippen LogP contribution in [0, 0.1) is 0 Å². The number of para-hydroxylation sites is 1. The van der Waals surface area contributed by atoms with Gasteiger partial charge in [0, 0.05) is 6.92 Å². The summed E-state index contributed by atoms with van der Waals surface area (Å²) in [5.41, 5.74) is 6.26. The number of fused-ring (bicyclic) bond motifs is 1. The van der Waals surface area contributed by atoms with Gasteiger partial charge in [0.25, 0.3) is 0 Å². The third-order valence-corrected chi connectivity index (χ3v) is 1.59. The van der Waals surface area contributed by atoms with Crippen molar-refractivity contribution in [2.24, 2.45) is 0 Å². The van der Waals surface area contributed by atoms with Gasteiger partial charge >= 0.3 is 0 Å². The number of anilines is 1. The van der Waals surface area contributed by atoms with Gasteiger partial charge in [-0.25, -0.2) is 0 Å². The molecule has 0 aromatic heterocycles. The zero-order valence-electron chi connectivity index (χ0n) is 6.20. The first-order valence-corrected chi connectivity index (χ1v) is 3.49. The maximum absolute atomic E-state index is 5.63. The van der Waals surface area contributed by atoms with Crippen LogP contribution in [0.2, 0.25) is 0 Å². The van der Waals surface area contributed by atoms with Gasteiger partial charge in [-0.05, 0) is 12.1 Å². The minimum atomic E-state index is -0.213. The molecule has 0 aliphatic carbocycles. The number of ether oxygens (including phenoxy) is 2. The van der Waals surface area contributed by atoms with Crippen molar-refractivity contribution >= 4 is 5.69 Å². The van der Waals surface area contributed by atoms with Crippen molar-refractivity contribution in [3.63, 3.8) is 0 Å². The summed E-state index contributed by atoms with van der Waals surface area (Å²) < 4.78 is 10.6. The van der Waals surface area contributed by atoms with Gasteiger partial charge in [-0.1, -0.05) is 6.07 Å². The van der Waals surface area contributed by atoms with Crippen molar-refractivity contribution in [3.8, 4) is 11.5 Å².